The lowest BCUT2D eigenvalue weighted by molar-refractivity contribution is 1.21. The highest BCUT2D eigenvalue weighted by Gasteiger charge is 2.10. The van der Waals surface area contributed by atoms with E-state index in [0.717, 1.165) is 44.3 Å². The van der Waals surface area contributed by atoms with Gasteiger partial charge in [-0.3, -0.25) is 9.97 Å². The van der Waals surface area contributed by atoms with Gasteiger partial charge in [-0.1, -0.05) is 36.4 Å². The SMILES string of the molecule is c1ccc2c(-c3cnc(-c4c[nH]c5ccccc45)cn3)c[nH]c2c1. The van der Waals surface area contributed by atoms with Crippen LogP contribution in [0.1, 0.15) is 0 Å². The van der Waals surface area contributed by atoms with Gasteiger partial charge in [-0.15, -0.1) is 0 Å². The van der Waals surface area contributed by atoms with Gasteiger partial charge in [-0.25, -0.2) is 0 Å². The molecule has 0 saturated carbocycles. The van der Waals surface area contributed by atoms with E-state index in [4.69, 9.17) is 0 Å². The molecule has 3 aromatic heterocycles. The molecular formula is C20H14N4. The molecule has 2 aromatic carbocycles. The predicted molar refractivity (Wildman–Crippen MR) is 96.6 cm³/mol. The first kappa shape index (κ1) is 13.1. The number of nitrogens with zero attached hydrogens (tertiary/aromatic N) is 2. The fourth-order valence-corrected chi connectivity index (χ4v) is 3.17. The number of rotatable bonds is 2. The molecule has 0 saturated heterocycles. The molecule has 0 bridgehead atoms. The predicted octanol–water partition coefficient (Wildman–Crippen LogP) is 4.77. The maximum absolute atomic E-state index is 4.64. The van der Waals surface area contributed by atoms with E-state index in [-0.39, 0.29) is 0 Å². The minimum atomic E-state index is 0.871. The largest absolute Gasteiger partial charge is 0.360 e. The molecule has 0 aliphatic rings. The topological polar surface area (TPSA) is 57.4 Å². The van der Waals surface area contributed by atoms with Crippen molar-refractivity contribution in [1.29, 1.82) is 0 Å². The quantitative estimate of drug-likeness (QED) is 0.493. The Morgan fingerprint density at radius 3 is 1.50 bits per heavy atom. The molecule has 0 unspecified atom stereocenters. The zero-order valence-electron chi connectivity index (χ0n) is 12.8. The van der Waals surface area contributed by atoms with Gasteiger partial charge in [0.1, 0.15) is 0 Å². The van der Waals surface area contributed by atoms with E-state index in [0.29, 0.717) is 0 Å². The average molecular weight is 310 g/mol. The first-order valence-electron chi connectivity index (χ1n) is 7.85. The Hall–Kier alpha value is -3.40. The number of nitrogens with one attached hydrogen (secondary N) is 2. The average Bonchev–Trinajstić information content (AvgIpc) is 3.26. The summed E-state index contributed by atoms with van der Waals surface area (Å²) >= 11 is 0. The molecule has 5 rings (SSSR count). The molecule has 5 aromatic rings. The Balaban J connectivity index is 1.60. The Morgan fingerprint density at radius 1 is 0.583 bits per heavy atom. The van der Waals surface area contributed by atoms with Crippen LogP contribution in [-0.2, 0) is 0 Å². The lowest BCUT2D eigenvalue weighted by Gasteiger charge is -2.02. The summed E-state index contributed by atoms with van der Waals surface area (Å²) in [5, 5.41) is 2.32. The van der Waals surface area contributed by atoms with Crippen LogP contribution in [0, 0.1) is 0 Å². The zero-order valence-corrected chi connectivity index (χ0v) is 12.8. The van der Waals surface area contributed by atoms with Crippen molar-refractivity contribution in [2.45, 2.75) is 0 Å². The van der Waals surface area contributed by atoms with Crippen LogP contribution in [0.2, 0.25) is 0 Å². The van der Waals surface area contributed by atoms with E-state index in [1.165, 1.54) is 0 Å². The summed E-state index contributed by atoms with van der Waals surface area (Å²) in [6.45, 7) is 0. The minimum Gasteiger partial charge on any atom is -0.360 e. The summed E-state index contributed by atoms with van der Waals surface area (Å²) in [5.74, 6) is 0. The summed E-state index contributed by atoms with van der Waals surface area (Å²) in [6, 6.07) is 16.4. The Morgan fingerprint density at radius 2 is 1.04 bits per heavy atom. The molecule has 4 heteroatoms. The molecule has 0 spiro atoms. The summed E-state index contributed by atoms with van der Waals surface area (Å²) in [4.78, 5) is 15.8. The first-order valence-corrected chi connectivity index (χ1v) is 7.85. The highest BCUT2D eigenvalue weighted by atomic mass is 14.8. The summed E-state index contributed by atoms with van der Waals surface area (Å²) in [5.41, 5.74) is 6.10. The maximum Gasteiger partial charge on any atom is 0.0907 e. The molecule has 0 aliphatic heterocycles. The molecule has 3 heterocycles. The van der Waals surface area contributed by atoms with Crippen molar-refractivity contribution >= 4 is 21.8 Å². The molecular weight excluding hydrogens is 296 g/mol. The number of hydrogen-bond acceptors (Lipinski definition) is 2. The van der Waals surface area contributed by atoms with E-state index < -0.39 is 0 Å². The minimum absolute atomic E-state index is 0.871. The van der Waals surface area contributed by atoms with Crippen molar-refractivity contribution in [3.8, 4) is 22.5 Å². The van der Waals surface area contributed by atoms with Crippen LogP contribution >= 0.6 is 0 Å². The van der Waals surface area contributed by atoms with Crippen molar-refractivity contribution < 1.29 is 0 Å². The Bertz CT molecular complexity index is 1060. The highest BCUT2D eigenvalue weighted by molar-refractivity contribution is 5.96. The van der Waals surface area contributed by atoms with Crippen LogP contribution in [0.4, 0.5) is 0 Å². The zero-order chi connectivity index (χ0) is 15.9. The van der Waals surface area contributed by atoms with Gasteiger partial charge in [0, 0.05) is 45.3 Å². The maximum atomic E-state index is 4.64. The number of fused-ring (bicyclic) bond motifs is 2. The van der Waals surface area contributed by atoms with Crippen LogP contribution in [0.15, 0.2) is 73.3 Å². The normalized spacial score (nSPS) is 11.3. The fraction of sp³-hybridized carbons (Fsp3) is 0. The molecule has 114 valence electrons. The van der Waals surface area contributed by atoms with Gasteiger partial charge in [0.2, 0.25) is 0 Å². The molecule has 0 fully saturated rings. The first-order chi connectivity index (χ1) is 11.9. The monoisotopic (exact) mass is 310 g/mol. The Labute approximate surface area is 138 Å². The third-order valence-electron chi connectivity index (χ3n) is 4.38. The van der Waals surface area contributed by atoms with Crippen molar-refractivity contribution in [2.24, 2.45) is 0 Å². The third-order valence-corrected chi connectivity index (χ3v) is 4.38. The number of H-pyrrole nitrogens is 2. The molecule has 2 N–H and O–H groups in total. The second-order valence-electron chi connectivity index (χ2n) is 5.78. The number of aromatic nitrogens is 4. The van der Waals surface area contributed by atoms with Crippen LogP contribution in [0.5, 0.6) is 0 Å². The van der Waals surface area contributed by atoms with Crippen LogP contribution in [0.3, 0.4) is 0 Å². The van der Waals surface area contributed by atoms with Crippen molar-refractivity contribution in [2.75, 3.05) is 0 Å². The van der Waals surface area contributed by atoms with Gasteiger partial charge in [0.15, 0.2) is 0 Å². The number of aromatic amines is 2. The van der Waals surface area contributed by atoms with Gasteiger partial charge >= 0.3 is 0 Å². The lowest BCUT2D eigenvalue weighted by Crippen LogP contribution is -1.88. The van der Waals surface area contributed by atoms with Crippen LogP contribution in [0.25, 0.3) is 44.3 Å². The van der Waals surface area contributed by atoms with Gasteiger partial charge in [-0.2, -0.15) is 0 Å². The van der Waals surface area contributed by atoms with E-state index in [9.17, 15) is 0 Å². The molecule has 0 radical (unpaired) electrons. The summed E-state index contributed by atoms with van der Waals surface area (Å²) in [6.07, 6.45) is 7.65. The number of hydrogen-bond donors (Lipinski definition) is 2. The van der Waals surface area contributed by atoms with Gasteiger partial charge in [0.25, 0.3) is 0 Å². The van der Waals surface area contributed by atoms with E-state index in [1.54, 1.807) is 0 Å². The second-order valence-corrected chi connectivity index (χ2v) is 5.78. The van der Waals surface area contributed by atoms with E-state index in [2.05, 4.69) is 44.2 Å². The molecule has 24 heavy (non-hydrogen) atoms. The highest BCUT2D eigenvalue weighted by Crippen LogP contribution is 2.29. The van der Waals surface area contributed by atoms with Gasteiger partial charge in [0.05, 0.1) is 23.8 Å². The molecule has 0 atom stereocenters. The number of para-hydroxylation sites is 2. The van der Waals surface area contributed by atoms with Crippen molar-refractivity contribution in [3.05, 3.63) is 73.3 Å². The van der Waals surface area contributed by atoms with Crippen molar-refractivity contribution in [3.63, 3.8) is 0 Å². The molecule has 4 nitrogen and oxygen atoms in total. The fourth-order valence-electron chi connectivity index (χ4n) is 3.17. The second kappa shape index (κ2) is 5.06. The smallest absolute Gasteiger partial charge is 0.0907 e. The van der Waals surface area contributed by atoms with Gasteiger partial charge in [-0.05, 0) is 12.1 Å². The van der Waals surface area contributed by atoms with Crippen LogP contribution < -0.4 is 0 Å². The molecule has 0 aliphatic carbocycles. The van der Waals surface area contributed by atoms with Gasteiger partial charge < -0.3 is 9.97 Å². The standard InChI is InChI=1S/C20H14N4/c1-3-7-17-13(5-1)15(9-21-17)19-11-24-20(12-23-19)16-10-22-18-8-4-2-6-14(16)18/h1-12,21-22H. The lowest BCUT2D eigenvalue weighted by atomic mass is 10.1. The van der Waals surface area contributed by atoms with Crippen LogP contribution in [-0.4, -0.2) is 19.9 Å². The third kappa shape index (κ3) is 1.93. The molecule has 0 amide bonds. The number of benzene rings is 2. The van der Waals surface area contributed by atoms with Crippen molar-refractivity contribution in [1.82, 2.24) is 19.9 Å². The Kier molecular flexibility index (Phi) is 2.76. The van der Waals surface area contributed by atoms with E-state index in [1.807, 2.05) is 49.1 Å². The summed E-state index contributed by atoms with van der Waals surface area (Å²) in [7, 11) is 0. The van der Waals surface area contributed by atoms with E-state index >= 15 is 0 Å². The summed E-state index contributed by atoms with van der Waals surface area (Å²) < 4.78 is 0.